The molecule has 1 saturated heterocycles. The predicted molar refractivity (Wildman–Crippen MR) is 92.2 cm³/mol. The van der Waals surface area contributed by atoms with Crippen molar-refractivity contribution in [2.75, 3.05) is 0 Å². The Morgan fingerprint density at radius 3 is 2.28 bits per heavy atom. The molecule has 5 atom stereocenters. The maximum Gasteiger partial charge on any atom is 0.243 e. The number of aliphatic hydroxyl groups excluding tert-OH is 1. The fraction of sp³-hybridized carbons (Fsp3) is 0.737. The molecule has 2 aliphatic carbocycles. The first kappa shape index (κ1) is 18.1. The minimum Gasteiger partial charge on any atom is -0.391 e. The summed E-state index contributed by atoms with van der Waals surface area (Å²) in [6.45, 7) is 3.95. The van der Waals surface area contributed by atoms with Crippen molar-refractivity contribution >= 4 is 17.7 Å². The van der Waals surface area contributed by atoms with Crippen LogP contribution in [0.15, 0.2) is 12.2 Å². The molecule has 1 aliphatic heterocycles. The van der Waals surface area contributed by atoms with Gasteiger partial charge in [-0.15, -0.1) is 0 Å². The largest absolute Gasteiger partial charge is 0.391 e. The van der Waals surface area contributed by atoms with Crippen molar-refractivity contribution in [3.8, 4) is 0 Å². The van der Waals surface area contributed by atoms with Gasteiger partial charge in [-0.05, 0) is 44.4 Å². The number of imide groups is 1. The zero-order valence-corrected chi connectivity index (χ0v) is 15.0. The third kappa shape index (κ3) is 3.50. The molecule has 6 nitrogen and oxygen atoms in total. The predicted octanol–water partition coefficient (Wildman–Crippen LogP) is 1.38. The zero-order chi connectivity index (χ0) is 18.1. The Morgan fingerprint density at radius 1 is 1.20 bits per heavy atom. The molecule has 1 heterocycles. The maximum atomic E-state index is 12.9. The van der Waals surface area contributed by atoms with Crippen molar-refractivity contribution < 1.29 is 19.5 Å². The third-order valence-corrected chi connectivity index (χ3v) is 5.66. The summed E-state index contributed by atoms with van der Waals surface area (Å²) in [6, 6.07) is -1.06. The number of aliphatic hydroxyl groups is 1. The van der Waals surface area contributed by atoms with Crippen LogP contribution in [0.5, 0.6) is 0 Å². The average molecular weight is 348 g/mol. The molecule has 0 radical (unpaired) electrons. The minimum absolute atomic E-state index is 0.172. The molecule has 2 fully saturated rings. The van der Waals surface area contributed by atoms with Crippen molar-refractivity contribution in [2.24, 2.45) is 17.8 Å². The second-order valence-corrected chi connectivity index (χ2v) is 7.96. The Hall–Kier alpha value is -1.69. The average Bonchev–Trinajstić information content (AvgIpc) is 3.08. The monoisotopic (exact) mass is 348 g/mol. The molecule has 0 bridgehead atoms. The molecule has 6 heteroatoms. The van der Waals surface area contributed by atoms with E-state index in [9.17, 15) is 19.5 Å². The Bertz CT molecular complexity index is 560. The van der Waals surface area contributed by atoms with Gasteiger partial charge in [-0.25, -0.2) is 0 Å². The Labute approximate surface area is 148 Å². The van der Waals surface area contributed by atoms with Crippen LogP contribution in [0, 0.1) is 17.8 Å². The van der Waals surface area contributed by atoms with Crippen LogP contribution in [-0.4, -0.2) is 45.9 Å². The standard InChI is InChI=1S/C19H28N2O4/c1-11(2)10-15(17(23)20-14-8-5-9-16(14)22)21-18(24)12-6-3-4-7-13(12)19(21)25/h3-4,11-16,22H,5-10H2,1-2H3,(H,20,23)/t12-,13+,14-,15-,16+/m1/s1. The van der Waals surface area contributed by atoms with E-state index in [2.05, 4.69) is 5.32 Å². The van der Waals surface area contributed by atoms with Crippen LogP contribution in [-0.2, 0) is 14.4 Å². The number of hydrogen-bond acceptors (Lipinski definition) is 4. The molecule has 3 rings (SSSR count). The molecule has 2 N–H and O–H groups in total. The van der Waals surface area contributed by atoms with Crippen LogP contribution in [0.25, 0.3) is 0 Å². The molecule has 138 valence electrons. The fourth-order valence-electron chi connectivity index (χ4n) is 4.30. The molecule has 1 saturated carbocycles. The number of nitrogens with zero attached hydrogens (tertiary/aromatic N) is 1. The van der Waals surface area contributed by atoms with Crippen LogP contribution in [0.2, 0.25) is 0 Å². The quantitative estimate of drug-likeness (QED) is 0.580. The number of rotatable bonds is 5. The summed E-state index contributed by atoms with van der Waals surface area (Å²) >= 11 is 0. The summed E-state index contributed by atoms with van der Waals surface area (Å²) in [5.41, 5.74) is 0. The summed E-state index contributed by atoms with van der Waals surface area (Å²) < 4.78 is 0. The van der Waals surface area contributed by atoms with Gasteiger partial charge in [0.15, 0.2) is 0 Å². The number of allylic oxidation sites excluding steroid dienone is 2. The van der Waals surface area contributed by atoms with Crippen LogP contribution in [0.1, 0.15) is 52.4 Å². The topological polar surface area (TPSA) is 86.7 Å². The van der Waals surface area contributed by atoms with E-state index in [4.69, 9.17) is 0 Å². The van der Waals surface area contributed by atoms with Gasteiger partial charge in [0.05, 0.1) is 24.0 Å². The Kier molecular flexibility index (Phi) is 5.27. The second kappa shape index (κ2) is 7.28. The lowest BCUT2D eigenvalue weighted by Crippen LogP contribution is -2.53. The Balaban J connectivity index is 1.79. The van der Waals surface area contributed by atoms with Crippen molar-refractivity contribution in [1.82, 2.24) is 10.2 Å². The summed E-state index contributed by atoms with van der Waals surface area (Å²) in [5, 5.41) is 12.9. The first-order chi connectivity index (χ1) is 11.9. The summed E-state index contributed by atoms with van der Waals surface area (Å²) in [7, 11) is 0. The van der Waals surface area contributed by atoms with Gasteiger partial charge in [0.25, 0.3) is 0 Å². The normalized spacial score (nSPS) is 33.0. The van der Waals surface area contributed by atoms with E-state index in [-0.39, 0.29) is 41.5 Å². The van der Waals surface area contributed by atoms with Crippen molar-refractivity contribution in [3.63, 3.8) is 0 Å². The number of hydrogen-bond donors (Lipinski definition) is 2. The molecular formula is C19H28N2O4. The van der Waals surface area contributed by atoms with E-state index in [0.717, 1.165) is 12.8 Å². The number of fused-ring (bicyclic) bond motifs is 1. The first-order valence-electron chi connectivity index (χ1n) is 9.40. The molecule has 3 aliphatic rings. The zero-order valence-electron chi connectivity index (χ0n) is 15.0. The molecule has 0 spiro atoms. The highest BCUT2D eigenvalue weighted by molar-refractivity contribution is 6.08. The van der Waals surface area contributed by atoms with Gasteiger partial charge in [-0.1, -0.05) is 26.0 Å². The smallest absolute Gasteiger partial charge is 0.243 e. The maximum absolute atomic E-state index is 12.9. The molecular weight excluding hydrogens is 320 g/mol. The van der Waals surface area contributed by atoms with E-state index < -0.39 is 12.1 Å². The van der Waals surface area contributed by atoms with Gasteiger partial charge < -0.3 is 10.4 Å². The minimum atomic E-state index is -0.779. The second-order valence-electron chi connectivity index (χ2n) is 7.96. The lowest BCUT2D eigenvalue weighted by atomic mass is 9.85. The molecule has 25 heavy (non-hydrogen) atoms. The highest BCUT2D eigenvalue weighted by Gasteiger charge is 2.51. The molecule has 3 amide bonds. The number of amides is 3. The van der Waals surface area contributed by atoms with Gasteiger partial charge in [-0.2, -0.15) is 0 Å². The van der Waals surface area contributed by atoms with E-state index in [0.29, 0.717) is 25.7 Å². The molecule has 0 aromatic heterocycles. The lowest BCUT2D eigenvalue weighted by molar-refractivity contribution is -0.148. The van der Waals surface area contributed by atoms with E-state index in [1.54, 1.807) is 0 Å². The highest BCUT2D eigenvalue weighted by Crippen LogP contribution is 2.37. The SMILES string of the molecule is CC(C)C[C@H](C(=O)N[C@@H]1CCC[C@@H]1O)N1C(=O)[C@H]2CC=CC[C@H]2C1=O. The van der Waals surface area contributed by atoms with Crippen LogP contribution in [0.4, 0.5) is 0 Å². The summed E-state index contributed by atoms with van der Waals surface area (Å²) in [4.78, 5) is 39.7. The summed E-state index contributed by atoms with van der Waals surface area (Å²) in [6.07, 6.45) is 7.23. The molecule has 0 unspecified atom stereocenters. The number of carbonyl (C=O) groups is 3. The van der Waals surface area contributed by atoms with Gasteiger partial charge >= 0.3 is 0 Å². The van der Waals surface area contributed by atoms with Crippen LogP contribution in [0.3, 0.4) is 0 Å². The highest BCUT2D eigenvalue weighted by atomic mass is 16.3. The van der Waals surface area contributed by atoms with E-state index in [1.165, 1.54) is 4.90 Å². The molecule has 0 aromatic rings. The van der Waals surface area contributed by atoms with E-state index in [1.807, 2.05) is 26.0 Å². The number of likely N-dealkylation sites (tertiary alicyclic amines) is 1. The number of nitrogens with one attached hydrogen (secondary N) is 1. The van der Waals surface area contributed by atoms with Crippen LogP contribution >= 0.6 is 0 Å². The summed E-state index contributed by atoms with van der Waals surface area (Å²) in [5.74, 6) is -1.22. The van der Waals surface area contributed by atoms with Gasteiger partial charge in [0, 0.05) is 0 Å². The van der Waals surface area contributed by atoms with Crippen LogP contribution < -0.4 is 5.32 Å². The lowest BCUT2D eigenvalue weighted by Gasteiger charge is -2.29. The van der Waals surface area contributed by atoms with Crippen molar-refractivity contribution in [2.45, 2.75) is 70.6 Å². The first-order valence-corrected chi connectivity index (χ1v) is 9.40. The van der Waals surface area contributed by atoms with Gasteiger partial charge in [0.1, 0.15) is 6.04 Å². The van der Waals surface area contributed by atoms with Crippen molar-refractivity contribution in [1.29, 1.82) is 0 Å². The van der Waals surface area contributed by atoms with Crippen molar-refractivity contribution in [3.05, 3.63) is 12.2 Å². The van der Waals surface area contributed by atoms with E-state index >= 15 is 0 Å². The van der Waals surface area contributed by atoms with Gasteiger partial charge in [-0.3, -0.25) is 19.3 Å². The Morgan fingerprint density at radius 2 is 1.80 bits per heavy atom. The van der Waals surface area contributed by atoms with Gasteiger partial charge in [0.2, 0.25) is 17.7 Å². The fourth-order valence-corrected chi connectivity index (χ4v) is 4.30. The third-order valence-electron chi connectivity index (χ3n) is 5.66. The molecule has 0 aromatic carbocycles. The number of carbonyl (C=O) groups excluding carboxylic acids is 3.